The fraction of sp³-hybridized carbons (Fsp3) is 0.172. The average Bonchev–Trinajstić information content (AvgIpc) is 3.40. The van der Waals surface area contributed by atoms with Crippen LogP contribution in [0, 0.1) is 13.8 Å². The van der Waals surface area contributed by atoms with Crippen molar-refractivity contribution in [3.63, 3.8) is 0 Å². The number of hydrogen-bond donors (Lipinski definition) is 3. The number of thiophene rings is 1. The molecule has 37 heavy (non-hydrogen) atoms. The first-order chi connectivity index (χ1) is 17.9. The van der Waals surface area contributed by atoms with Crippen LogP contribution in [0.5, 0.6) is 0 Å². The van der Waals surface area contributed by atoms with Crippen molar-refractivity contribution in [1.82, 2.24) is 20.3 Å². The molecule has 5 rings (SSSR count). The quantitative estimate of drug-likeness (QED) is 0.247. The first-order valence-corrected chi connectivity index (χ1v) is 12.9. The van der Waals surface area contributed by atoms with Crippen molar-refractivity contribution in [1.29, 1.82) is 0 Å². The summed E-state index contributed by atoms with van der Waals surface area (Å²) >= 11 is 1.68. The van der Waals surface area contributed by atoms with E-state index in [0.717, 1.165) is 31.8 Å². The summed E-state index contributed by atoms with van der Waals surface area (Å²) in [6, 6.07) is 19.9. The molecule has 0 bridgehead atoms. The monoisotopic (exact) mass is 508 g/mol. The number of aromatic nitrogens is 3. The lowest BCUT2D eigenvalue weighted by Crippen LogP contribution is -2.24. The molecule has 1 atom stereocenters. The fourth-order valence-corrected chi connectivity index (χ4v) is 5.15. The molecule has 0 saturated carbocycles. The van der Waals surface area contributed by atoms with Crippen LogP contribution in [0.4, 0.5) is 11.6 Å². The number of nitrogens with two attached hydrogens (primary N) is 1. The molecule has 0 aliphatic heterocycles. The predicted molar refractivity (Wildman–Crippen MR) is 151 cm³/mol. The first kappa shape index (κ1) is 24.4. The number of amides is 1. The summed E-state index contributed by atoms with van der Waals surface area (Å²) in [5.41, 5.74) is 12.0. The highest BCUT2D eigenvalue weighted by Crippen LogP contribution is 2.34. The molecule has 2 aromatic carbocycles. The number of anilines is 2. The second-order valence-electron chi connectivity index (χ2n) is 9.06. The van der Waals surface area contributed by atoms with Gasteiger partial charge in [0.1, 0.15) is 18.0 Å². The summed E-state index contributed by atoms with van der Waals surface area (Å²) in [7, 11) is 0. The number of carbonyl (C=O) groups excluding carboxylic acids is 1. The summed E-state index contributed by atoms with van der Waals surface area (Å²) in [5.74, 6) is 0.860. The highest BCUT2D eigenvalue weighted by molar-refractivity contribution is 7.15. The number of rotatable bonds is 7. The van der Waals surface area contributed by atoms with E-state index in [-0.39, 0.29) is 11.9 Å². The Bertz CT molecular complexity index is 1590. The molecule has 0 spiro atoms. The maximum Gasteiger partial charge on any atom is 0.255 e. The van der Waals surface area contributed by atoms with Crippen LogP contribution in [-0.2, 0) is 6.54 Å². The van der Waals surface area contributed by atoms with Crippen LogP contribution in [0.1, 0.15) is 44.9 Å². The van der Waals surface area contributed by atoms with Crippen molar-refractivity contribution in [3.8, 4) is 10.4 Å². The van der Waals surface area contributed by atoms with Gasteiger partial charge in [0.15, 0.2) is 0 Å². The molecular formula is C29H28N6OS. The number of nitrogen functional groups attached to an aromatic ring is 1. The molecule has 3 heterocycles. The number of pyridine rings is 1. The number of nitrogens with zero attached hydrogens (tertiary/aromatic N) is 3. The molecule has 0 fully saturated rings. The van der Waals surface area contributed by atoms with E-state index in [4.69, 9.17) is 5.73 Å². The van der Waals surface area contributed by atoms with E-state index in [1.807, 2.05) is 24.3 Å². The molecule has 7 nitrogen and oxygen atoms in total. The van der Waals surface area contributed by atoms with Gasteiger partial charge in [0, 0.05) is 27.9 Å². The van der Waals surface area contributed by atoms with Crippen LogP contribution in [0.2, 0.25) is 0 Å². The van der Waals surface area contributed by atoms with Gasteiger partial charge in [0.05, 0.1) is 17.1 Å². The van der Waals surface area contributed by atoms with E-state index in [1.54, 1.807) is 29.7 Å². The third-order valence-corrected chi connectivity index (χ3v) is 7.75. The van der Waals surface area contributed by atoms with Gasteiger partial charge in [-0.1, -0.05) is 24.3 Å². The average molecular weight is 509 g/mol. The zero-order chi connectivity index (χ0) is 25.9. The zero-order valence-corrected chi connectivity index (χ0v) is 21.8. The molecule has 1 unspecified atom stereocenters. The van der Waals surface area contributed by atoms with E-state index in [1.165, 1.54) is 17.5 Å². The third-order valence-electron chi connectivity index (χ3n) is 6.43. The summed E-state index contributed by atoms with van der Waals surface area (Å²) in [6.45, 7) is 6.67. The van der Waals surface area contributed by atoms with Crippen molar-refractivity contribution in [2.45, 2.75) is 33.4 Å². The fourth-order valence-electron chi connectivity index (χ4n) is 4.14. The van der Waals surface area contributed by atoms with Gasteiger partial charge in [-0.05, 0) is 79.4 Å². The van der Waals surface area contributed by atoms with Gasteiger partial charge in [-0.25, -0.2) is 15.0 Å². The number of fused-ring (bicyclic) bond motifs is 1. The van der Waals surface area contributed by atoms with Gasteiger partial charge in [-0.2, -0.15) is 0 Å². The number of benzene rings is 2. The summed E-state index contributed by atoms with van der Waals surface area (Å²) in [5, 5.41) is 7.29. The highest BCUT2D eigenvalue weighted by Gasteiger charge is 2.17. The Hall–Kier alpha value is -4.30. The van der Waals surface area contributed by atoms with Crippen LogP contribution in [0.25, 0.3) is 21.3 Å². The SMILES string of the molecule is Cc1ccc(CNC(=O)c2cccnc2NC(C)c2ccc(-c3ccc4ncnc(N)c4c3)s2)cc1C. The molecular weight excluding hydrogens is 480 g/mol. The molecule has 186 valence electrons. The Labute approximate surface area is 219 Å². The van der Waals surface area contributed by atoms with E-state index >= 15 is 0 Å². The zero-order valence-electron chi connectivity index (χ0n) is 20.9. The minimum absolute atomic E-state index is 0.0474. The van der Waals surface area contributed by atoms with Crippen LogP contribution in [-0.4, -0.2) is 20.9 Å². The molecule has 0 aliphatic rings. The van der Waals surface area contributed by atoms with E-state index < -0.39 is 0 Å². The van der Waals surface area contributed by atoms with Crippen LogP contribution in [0.3, 0.4) is 0 Å². The molecule has 0 radical (unpaired) electrons. The van der Waals surface area contributed by atoms with Gasteiger partial charge >= 0.3 is 0 Å². The van der Waals surface area contributed by atoms with E-state index in [0.29, 0.717) is 23.7 Å². The van der Waals surface area contributed by atoms with Crippen LogP contribution in [0.15, 0.2) is 73.2 Å². The molecule has 4 N–H and O–H groups in total. The van der Waals surface area contributed by atoms with Crippen molar-refractivity contribution >= 4 is 39.8 Å². The van der Waals surface area contributed by atoms with E-state index in [9.17, 15) is 4.79 Å². The smallest absolute Gasteiger partial charge is 0.255 e. The normalized spacial score (nSPS) is 11.9. The maximum atomic E-state index is 13.0. The Balaban J connectivity index is 1.30. The van der Waals surface area contributed by atoms with Crippen LogP contribution >= 0.6 is 11.3 Å². The van der Waals surface area contributed by atoms with Gasteiger partial charge in [-0.3, -0.25) is 4.79 Å². The number of carbonyl (C=O) groups is 1. The Morgan fingerprint density at radius 1 is 1.00 bits per heavy atom. The first-order valence-electron chi connectivity index (χ1n) is 12.1. The number of hydrogen-bond acceptors (Lipinski definition) is 7. The number of aryl methyl sites for hydroxylation is 2. The standard InChI is InChI=1S/C29H28N6OS/c1-17-6-7-20(13-18(17)2)15-32-29(36)22-5-4-12-31-28(22)35-19(3)25-10-11-26(37-25)21-8-9-24-23(14-21)27(30)34-16-33-24/h4-14,16,19H,15H2,1-3H3,(H,31,35)(H,32,36)(H2,30,33,34). The molecule has 3 aromatic heterocycles. The van der Waals surface area contributed by atoms with Gasteiger partial charge in [0.25, 0.3) is 5.91 Å². The molecule has 0 saturated heterocycles. The Kier molecular flexibility index (Phi) is 6.83. The van der Waals surface area contributed by atoms with Gasteiger partial charge in [-0.15, -0.1) is 11.3 Å². The van der Waals surface area contributed by atoms with E-state index in [2.05, 4.69) is 70.6 Å². The third kappa shape index (κ3) is 5.29. The molecule has 8 heteroatoms. The lowest BCUT2D eigenvalue weighted by atomic mass is 10.1. The lowest BCUT2D eigenvalue weighted by Gasteiger charge is -2.16. The lowest BCUT2D eigenvalue weighted by molar-refractivity contribution is 0.0951. The summed E-state index contributed by atoms with van der Waals surface area (Å²) in [4.78, 5) is 28.1. The molecule has 0 aliphatic carbocycles. The topological polar surface area (TPSA) is 106 Å². The van der Waals surface area contributed by atoms with Crippen LogP contribution < -0.4 is 16.4 Å². The molecule has 5 aromatic rings. The second-order valence-corrected chi connectivity index (χ2v) is 10.2. The van der Waals surface area contributed by atoms with Gasteiger partial charge < -0.3 is 16.4 Å². The summed E-state index contributed by atoms with van der Waals surface area (Å²) in [6.07, 6.45) is 3.17. The highest BCUT2D eigenvalue weighted by atomic mass is 32.1. The minimum atomic E-state index is -0.163. The summed E-state index contributed by atoms with van der Waals surface area (Å²) < 4.78 is 0. The maximum absolute atomic E-state index is 13.0. The Morgan fingerprint density at radius 2 is 1.86 bits per heavy atom. The van der Waals surface area contributed by atoms with Crippen molar-refractivity contribution in [2.24, 2.45) is 0 Å². The Morgan fingerprint density at radius 3 is 2.70 bits per heavy atom. The largest absolute Gasteiger partial charge is 0.383 e. The minimum Gasteiger partial charge on any atom is -0.383 e. The van der Waals surface area contributed by atoms with Crippen molar-refractivity contribution in [3.05, 3.63) is 100 Å². The van der Waals surface area contributed by atoms with Crippen molar-refractivity contribution < 1.29 is 4.79 Å². The predicted octanol–water partition coefficient (Wildman–Crippen LogP) is 6.06. The van der Waals surface area contributed by atoms with Gasteiger partial charge in [0.2, 0.25) is 0 Å². The van der Waals surface area contributed by atoms with Crippen molar-refractivity contribution in [2.75, 3.05) is 11.1 Å². The number of nitrogens with one attached hydrogen (secondary N) is 2. The second kappa shape index (κ2) is 10.4. The molecule has 1 amide bonds.